The van der Waals surface area contributed by atoms with Crippen molar-refractivity contribution in [2.24, 2.45) is 52.1 Å². The minimum atomic E-state index is -0.377. The molecule has 8 N–H and O–H groups in total. The number of nitrogens with one attached hydrogen (secondary N) is 3. The quantitative estimate of drug-likeness (QED) is 0.188. The minimum Gasteiger partial charge on any atom is -0.393 e. The summed E-state index contributed by atoms with van der Waals surface area (Å²) in [6.07, 6.45) is 6.69. The highest BCUT2D eigenvalue weighted by molar-refractivity contribution is 5.75. The Morgan fingerprint density at radius 3 is 2.39 bits per heavy atom. The van der Waals surface area contributed by atoms with E-state index in [1.165, 1.54) is 0 Å². The summed E-state index contributed by atoms with van der Waals surface area (Å²) in [5, 5.41) is 43.1. The number of amides is 1. The van der Waals surface area contributed by atoms with Gasteiger partial charge in [0.2, 0.25) is 5.91 Å². The molecule has 4 aliphatic rings. The average Bonchev–Trinajstić information content (AvgIpc) is 3.24. The molecule has 0 aromatic rings. The zero-order valence-electron chi connectivity index (χ0n) is 24.1. The van der Waals surface area contributed by atoms with Gasteiger partial charge < -0.3 is 37.0 Å². The molecule has 1 amide bonds. The molecule has 11 atom stereocenters. The Kier molecular flexibility index (Phi) is 10.2. The second-order valence-corrected chi connectivity index (χ2v) is 13.7. The summed E-state index contributed by atoms with van der Waals surface area (Å²) < 4.78 is 0. The second-order valence-electron chi connectivity index (χ2n) is 13.7. The van der Waals surface area contributed by atoms with Gasteiger partial charge in [-0.2, -0.15) is 0 Å². The summed E-state index contributed by atoms with van der Waals surface area (Å²) >= 11 is 0. The van der Waals surface area contributed by atoms with E-state index in [-0.39, 0.29) is 41.0 Å². The summed E-state index contributed by atoms with van der Waals surface area (Å²) in [4.78, 5) is 12.5. The Balaban J connectivity index is 1.29. The molecule has 4 saturated carbocycles. The Morgan fingerprint density at radius 1 is 0.947 bits per heavy atom. The number of aliphatic hydroxyl groups is 3. The molecule has 4 rings (SSSR count). The van der Waals surface area contributed by atoms with E-state index >= 15 is 0 Å². The van der Waals surface area contributed by atoms with Gasteiger partial charge in [0.15, 0.2) is 0 Å². The van der Waals surface area contributed by atoms with Gasteiger partial charge in [-0.25, -0.2) is 0 Å². The normalized spacial score (nSPS) is 43.1. The lowest BCUT2D eigenvalue weighted by molar-refractivity contribution is -0.207. The summed E-state index contributed by atoms with van der Waals surface area (Å²) in [5.41, 5.74) is 5.35. The lowest BCUT2D eigenvalue weighted by atomic mass is 9.43. The molecule has 0 aromatic heterocycles. The van der Waals surface area contributed by atoms with Crippen molar-refractivity contribution in [1.82, 2.24) is 16.0 Å². The molecule has 0 saturated heterocycles. The maximum Gasteiger partial charge on any atom is 0.220 e. The molecule has 4 fully saturated rings. The van der Waals surface area contributed by atoms with Crippen LogP contribution in [0.1, 0.15) is 78.6 Å². The fraction of sp³-hybridized carbons (Fsp3) is 0.967. The molecule has 220 valence electrons. The number of rotatable bonds is 12. The fourth-order valence-electron chi connectivity index (χ4n) is 9.60. The van der Waals surface area contributed by atoms with Gasteiger partial charge in [-0.1, -0.05) is 20.8 Å². The fourth-order valence-corrected chi connectivity index (χ4v) is 9.60. The number of fused-ring (bicyclic) bond motifs is 5. The smallest absolute Gasteiger partial charge is 0.220 e. The van der Waals surface area contributed by atoms with Gasteiger partial charge in [0, 0.05) is 45.7 Å². The summed E-state index contributed by atoms with van der Waals surface area (Å²) in [6, 6.07) is 0. The van der Waals surface area contributed by atoms with Gasteiger partial charge in [-0.05, 0) is 97.7 Å². The van der Waals surface area contributed by atoms with Crippen LogP contribution in [0.25, 0.3) is 0 Å². The van der Waals surface area contributed by atoms with Crippen LogP contribution in [0.4, 0.5) is 0 Å². The number of carbonyl (C=O) groups is 1. The third-order valence-electron chi connectivity index (χ3n) is 11.8. The monoisotopic (exact) mass is 536 g/mol. The van der Waals surface area contributed by atoms with Gasteiger partial charge in [0.05, 0.1) is 18.3 Å². The van der Waals surface area contributed by atoms with Crippen molar-refractivity contribution < 1.29 is 20.1 Å². The van der Waals surface area contributed by atoms with E-state index in [0.717, 1.165) is 77.5 Å². The average molecular weight is 537 g/mol. The van der Waals surface area contributed by atoms with Crippen molar-refractivity contribution in [3.05, 3.63) is 0 Å². The first-order valence-corrected chi connectivity index (χ1v) is 15.5. The van der Waals surface area contributed by atoms with Crippen LogP contribution >= 0.6 is 0 Å². The number of hydrogen-bond donors (Lipinski definition) is 7. The van der Waals surface area contributed by atoms with Crippen LogP contribution in [-0.4, -0.2) is 78.8 Å². The molecule has 0 spiro atoms. The second kappa shape index (κ2) is 12.8. The lowest BCUT2D eigenvalue weighted by Gasteiger charge is -2.63. The zero-order chi connectivity index (χ0) is 27.5. The van der Waals surface area contributed by atoms with Gasteiger partial charge in [0.1, 0.15) is 0 Å². The maximum atomic E-state index is 12.5. The zero-order valence-corrected chi connectivity index (χ0v) is 24.1. The van der Waals surface area contributed by atoms with Crippen LogP contribution in [0, 0.1) is 46.3 Å². The van der Waals surface area contributed by atoms with E-state index < -0.39 is 0 Å². The molecule has 0 heterocycles. The van der Waals surface area contributed by atoms with Crippen LogP contribution in [0.3, 0.4) is 0 Å². The van der Waals surface area contributed by atoms with E-state index in [9.17, 15) is 20.1 Å². The molecule has 5 unspecified atom stereocenters. The van der Waals surface area contributed by atoms with Gasteiger partial charge in [-0.15, -0.1) is 0 Å². The summed E-state index contributed by atoms with van der Waals surface area (Å²) in [6.45, 7) is 11.5. The third kappa shape index (κ3) is 5.96. The molecule has 8 nitrogen and oxygen atoms in total. The lowest BCUT2D eigenvalue weighted by Crippen LogP contribution is -2.62. The Hall–Kier alpha value is -0.770. The van der Waals surface area contributed by atoms with Gasteiger partial charge >= 0.3 is 0 Å². The molecule has 0 aliphatic heterocycles. The standard InChI is InChI=1S/C30H56N4O4/c1-19(4-7-27(38)34-15-14-33-13-12-32-11-10-31)22-5-6-23-28-24(18-26(37)30(22,23)3)29(2)9-8-21(35)16-20(29)17-25(28)36/h19-26,28,32-33,35-37H,4-18,31H2,1-3H3,(H,34,38)/t19?,20-,21+,22+,23?,24?,25?,26-,28?,29-,30+/m0/s1. The molecule has 0 bridgehead atoms. The van der Waals surface area contributed by atoms with E-state index in [1.807, 2.05) is 0 Å². The summed E-state index contributed by atoms with van der Waals surface area (Å²) in [5.74, 6) is 2.04. The van der Waals surface area contributed by atoms with E-state index in [0.29, 0.717) is 49.1 Å². The highest BCUT2D eigenvalue weighted by Crippen LogP contribution is 2.68. The van der Waals surface area contributed by atoms with Crippen molar-refractivity contribution in [3.8, 4) is 0 Å². The first-order chi connectivity index (χ1) is 18.1. The molecular formula is C30H56N4O4. The van der Waals surface area contributed by atoms with Crippen molar-refractivity contribution in [2.75, 3.05) is 39.3 Å². The van der Waals surface area contributed by atoms with E-state index in [1.54, 1.807) is 0 Å². The first kappa shape index (κ1) is 30.2. The Bertz CT molecular complexity index is 785. The molecule has 4 aliphatic carbocycles. The van der Waals surface area contributed by atoms with Gasteiger partial charge in [-0.3, -0.25) is 4.79 Å². The first-order valence-electron chi connectivity index (χ1n) is 15.5. The van der Waals surface area contributed by atoms with Crippen LogP contribution in [0.15, 0.2) is 0 Å². The molecule has 38 heavy (non-hydrogen) atoms. The van der Waals surface area contributed by atoms with Crippen LogP contribution in [0.2, 0.25) is 0 Å². The number of nitrogens with two attached hydrogens (primary N) is 1. The number of aliphatic hydroxyl groups excluding tert-OH is 3. The van der Waals surface area contributed by atoms with Crippen molar-refractivity contribution >= 4 is 5.91 Å². The van der Waals surface area contributed by atoms with E-state index in [4.69, 9.17) is 5.73 Å². The molecule has 8 heteroatoms. The molecule has 0 aromatic carbocycles. The predicted molar refractivity (Wildman–Crippen MR) is 150 cm³/mol. The third-order valence-corrected chi connectivity index (χ3v) is 11.8. The maximum absolute atomic E-state index is 12.5. The minimum absolute atomic E-state index is 0.100. The van der Waals surface area contributed by atoms with Crippen LogP contribution < -0.4 is 21.7 Å². The van der Waals surface area contributed by atoms with E-state index in [2.05, 4.69) is 36.7 Å². The summed E-state index contributed by atoms with van der Waals surface area (Å²) in [7, 11) is 0. The Labute approximate surface area is 230 Å². The van der Waals surface area contributed by atoms with Crippen LogP contribution in [0.5, 0.6) is 0 Å². The topological polar surface area (TPSA) is 140 Å². The number of carbonyl (C=O) groups excluding carboxylic acids is 1. The SMILES string of the molecule is CC(CCC(=O)NCCNCCNCCN)[C@H]1CCC2C3C(O)C[C@@H]4C[C@H](O)CC[C@]4(C)C3C[C@H](O)[C@@]21C. The highest BCUT2D eigenvalue weighted by atomic mass is 16.3. The highest BCUT2D eigenvalue weighted by Gasteiger charge is 2.65. The predicted octanol–water partition coefficient (Wildman–Crippen LogP) is 1.62. The van der Waals surface area contributed by atoms with Crippen molar-refractivity contribution in [3.63, 3.8) is 0 Å². The number of hydrogen-bond acceptors (Lipinski definition) is 7. The van der Waals surface area contributed by atoms with Crippen molar-refractivity contribution in [2.45, 2.75) is 96.9 Å². The van der Waals surface area contributed by atoms with Crippen molar-refractivity contribution in [1.29, 1.82) is 0 Å². The molecular weight excluding hydrogens is 480 g/mol. The van der Waals surface area contributed by atoms with Gasteiger partial charge in [0.25, 0.3) is 0 Å². The Morgan fingerprint density at radius 2 is 1.66 bits per heavy atom. The largest absolute Gasteiger partial charge is 0.393 e. The molecule has 0 radical (unpaired) electrons. The van der Waals surface area contributed by atoms with Crippen LogP contribution in [-0.2, 0) is 4.79 Å².